The van der Waals surface area contributed by atoms with E-state index in [4.69, 9.17) is 11.6 Å². The average molecular weight is 321 g/mol. The van der Waals surface area contributed by atoms with E-state index in [1.165, 1.54) is 17.8 Å². The highest BCUT2D eigenvalue weighted by atomic mass is 35.5. The van der Waals surface area contributed by atoms with Crippen LogP contribution in [0.4, 0.5) is 5.69 Å². The fourth-order valence-corrected chi connectivity index (χ4v) is 3.73. The Hall–Kier alpha value is -1.72. The maximum Gasteiger partial charge on any atom is 0.241 e. The normalized spacial score (nSPS) is 21.8. The third-order valence-electron chi connectivity index (χ3n) is 3.32. The number of pyridine rings is 1. The smallest absolute Gasteiger partial charge is 0.241 e. The van der Waals surface area contributed by atoms with Crippen LogP contribution in [0.1, 0.15) is 17.9 Å². The molecular weight excluding hydrogens is 308 g/mol. The number of thioether (sulfide) groups is 1. The van der Waals surface area contributed by atoms with Crippen molar-refractivity contribution in [2.45, 2.75) is 17.5 Å². The van der Waals surface area contributed by atoms with Gasteiger partial charge in [0.1, 0.15) is 11.1 Å². The average Bonchev–Trinajstić information content (AvgIpc) is 2.79. The van der Waals surface area contributed by atoms with Gasteiger partial charge < -0.3 is 5.11 Å². The van der Waals surface area contributed by atoms with E-state index >= 15 is 0 Å². The lowest BCUT2D eigenvalue weighted by Crippen LogP contribution is -2.30. The van der Waals surface area contributed by atoms with Crippen LogP contribution in [0.25, 0.3) is 0 Å². The minimum atomic E-state index is -0.217. The summed E-state index contributed by atoms with van der Waals surface area (Å²) in [4.78, 5) is 18.2. The number of amides is 1. The molecule has 2 heterocycles. The number of hydrogen-bond acceptors (Lipinski definition) is 4. The highest BCUT2D eigenvalue weighted by molar-refractivity contribution is 8.01. The van der Waals surface area contributed by atoms with Crippen LogP contribution < -0.4 is 4.90 Å². The zero-order chi connectivity index (χ0) is 15.0. The van der Waals surface area contributed by atoms with Crippen molar-refractivity contribution in [3.8, 4) is 5.75 Å². The van der Waals surface area contributed by atoms with E-state index < -0.39 is 0 Å². The zero-order valence-electron chi connectivity index (χ0n) is 11.2. The largest absolute Gasteiger partial charge is 0.506 e. The Labute approximate surface area is 131 Å². The Kier molecular flexibility index (Phi) is 3.78. The van der Waals surface area contributed by atoms with Crippen LogP contribution in [0.3, 0.4) is 0 Å². The Bertz CT molecular complexity index is 681. The minimum Gasteiger partial charge on any atom is -0.506 e. The van der Waals surface area contributed by atoms with Crippen LogP contribution in [0.2, 0.25) is 5.02 Å². The van der Waals surface area contributed by atoms with Crippen LogP contribution >= 0.6 is 23.4 Å². The van der Waals surface area contributed by atoms with Crippen molar-refractivity contribution in [2.75, 3.05) is 4.90 Å². The molecule has 1 amide bonds. The first-order valence-electron chi connectivity index (χ1n) is 6.45. The number of hydrogen-bond donors (Lipinski definition) is 1. The molecule has 1 aromatic heterocycles. The molecule has 2 atom stereocenters. The quantitative estimate of drug-likeness (QED) is 0.918. The van der Waals surface area contributed by atoms with Crippen LogP contribution in [0, 0.1) is 0 Å². The van der Waals surface area contributed by atoms with Gasteiger partial charge in [-0.05, 0) is 31.2 Å². The maximum atomic E-state index is 12.5. The number of nitrogens with zero attached hydrogens (tertiary/aromatic N) is 2. The van der Waals surface area contributed by atoms with E-state index in [1.807, 2.05) is 19.1 Å². The fraction of sp³-hybridized carbons (Fsp3) is 0.200. The Morgan fingerprint density at radius 1 is 1.38 bits per heavy atom. The molecule has 6 heteroatoms. The van der Waals surface area contributed by atoms with Crippen molar-refractivity contribution >= 4 is 35.0 Å². The summed E-state index contributed by atoms with van der Waals surface area (Å²) in [6.45, 7) is 1.86. The summed E-state index contributed by atoms with van der Waals surface area (Å²) >= 11 is 7.53. The Morgan fingerprint density at radius 3 is 2.90 bits per heavy atom. The first-order chi connectivity index (χ1) is 10.1. The molecule has 1 saturated heterocycles. The number of phenols is 1. The van der Waals surface area contributed by atoms with Crippen molar-refractivity contribution in [1.29, 1.82) is 0 Å². The van der Waals surface area contributed by atoms with Crippen LogP contribution in [0.15, 0.2) is 42.7 Å². The van der Waals surface area contributed by atoms with Crippen molar-refractivity contribution in [1.82, 2.24) is 4.98 Å². The molecule has 108 valence electrons. The van der Waals surface area contributed by atoms with Crippen LogP contribution in [0.5, 0.6) is 5.75 Å². The van der Waals surface area contributed by atoms with E-state index in [1.54, 1.807) is 29.4 Å². The molecule has 2 aromatic rings. The molecule has 1 aliphatic heterocycles. The number of halogens is 1. The van der Waals surface area contributed by atoms with E-state index in [0.29, 0.717) is 10.7 Å². The van der Waals surface area contributed by atoms with Gasteiger partial charge in [-0.25, -0.2) is 0 Å². The molecule has 1 N–H and O–H groups in total. The van der Waals surface area contributed by atoms with Gasteiger partial charge in [0, 0.05) is 23.0 Å². The molecule has 0 saturated carbocycles. The number of benzene rings is 1. The van der Waals surface area contributed by atoms with E-state index in [-0.39, 0.29) is 22.3 Å². The van der Waals surface area contributed by atoms with Crippen molar-refractivity contribution in [2.24, 2.45) is 0 Å². The van der Waals surface area contributed by atoms with Crippen molar-refractivity contribution < 1.29 is 9.90 Å². The predicted molar refractivity (Wildman–Crippen MR) is 84.6 cm³/mol. The summed E-state index contributed by atoms with van der Waals surface area (Å²) in [5, 5.41) is 10.2. The molecule has 0 bridgehead atoms. The highest BCUT2D eigenvalue weighted by Crippen LogP contribution is 2.47. The molecular formula is C15H13ClN2O2S. The lowest BCUT2D eigenvalue weighted by atomic mass is 10.2. The van der Waals surface area contributed by atoms with E-state index in [2.05, 4.69) is 4.98 Å². The molecule has 21 heavy (non-hydrogen) atoms. The molecule has 1 aliphatic rings. The maximum absolute atomic E-state index is 12.5. The van der Waals surface area contributed by atoms with Gasteiger partial charge in [0.2, 0.25) is 5.91 Å². The summed E-state index contributed by atoms with van der Waals surface area (Å²) in [7, 11) is 0. The second-order valence-corrected chi connectivity index (χ2v) is 6.62. The number of aromatic nitrogens is 1. The van der Waals surface area contributed by atoms with Crippen LogP contribution in [-0.2, 0) is 4.79 Å². The number of rotatable bonds is 2. The molecule has 0 radical (unpaired) electrons. The lowest BCUT2D eigenvalue weighted by Gasteiger charge is -2.24. The highest BCUT2D eigenvalue weighted by Gasteiger charge is 2.40. The number of phenolic OH excluding ortho intramolecular Hbond substituents is 1. The molecule has 1 aromatic carbocycles. The van der Waals surface area contributed by atoms with Gasteiger partial charge in [-0.3, -0.25) is 14.7 Å². The molecule has 4 nitrogen and oxygen atoms in total. The molecule has 0 spiro atoms. The minimum absolute atomic E-state index is 0.0383. The van der Waals surface area contributed by atoms with Gasteiger partial charge in [0.05, 0.1) is 10.9 Å². The Balaban J connectivity index is 2.08. The summed E-state index contributed by atoms with van der Waals surface area (Å²) in [6.07, 6.45) is 3.42. The fourth-order valence-electron chi connectivity index (χ4n) is 2.31. The summed E-state index contributed by atoms with van der Waals surface area (Å²) in [6, 6.07) is 8.45. The third kappa shape index (κ3) is 2.59. The summed E-state index contributed by atoms with van der Waals surface area (Å²) in [5.74, 6) is -0.0113. The molecule has 0 aliphatic carbocycles. The van der Waals surface area contributed by atoms with Crippen molar-refractivity contribution in [3.63, 3.8) is 0 Å². The van der Waals surface area contributed by atoms with Gasteiger partial charge >= 0.3 is 0 Å². The number of carbonyl (C=O) groups excluding carboxylic acids is 1. The first kappa shape index (κ1) is 14.2. The second kappa shape index (κ2) is 5.58. The number of aromatic hydroxyl groups is 1. The molecule has 3 rings (SSSR count). The second-order valence-electron chi connectivity index (χ2n) is 4.76. The Morgan fingerprint density at radius 2 is 2.19 bits per heavy atom. The standard InChI is InChI=1S/C15H13ClN2O2S/c1-9-14(20)18(12-7-11(16)4-5-13(12)19)15(21-9)10-3-2-6-17-8-10/h2-9,15,19H,1H3. The zero-order valence-corrected chi connectivity index (χ0v) is 12.8. The summed E-state index contributed by atoms with van der Waals surface area (Å²) < 4.78 is 0. The van der Waals surface area contributed by atoms with E-state index in [0.717, 1.165) is 5.56 Å². The first-order valence-corrected chi connectivity index (χ1v) is 7.77. The van der Waals surface area contributed by atoms with Gasteiger partial charge in [-0.2, -0.15) is 0 Å². The SMILES string of the molecule is CC1SC(c2cccnc2)N(c2cc(Cl)ccc2O)C1=O. The topological polar surface area (TPSA) is 53.4 Å². The lowest BCUT2D eigenvalue weighted by molar-refractivity contribution is -0.117. The summed E-state index contributed by atoms with van der Waals surface area (Å²) in [5.41, 5.74) is 1.35. The monoisotopic (exact) mass is 320 g/mol. The van der Waals surface area contributed by atoms with Crippen LogP contribution in [-0.4, -0.2) is 21.2 Å². The molecule has 2 unspecified atom stereocenters. The van der Waals surface area contributed by atoms with Crippen molar-refractivity contribution in [3.05, 3.63) is 53.3 Å². The van der Waals surface area contributed by atoms with Gasteiger partial charge in [0.25, 0.3) is 0 Å². The third-order valence-corrected chi connectivity index (χ3v) is 4.91. The number of anilines is 1. The molecule has 1 fully saturated rings. The van der Waals surface area contributed by atoms with Gasteiger partial charge in [-0.1, -0.05) is 17.7 Å². The van der Waals surface area contributed by atoms with Gasteiger partial charge in [-0.15, -0.1) is 11.8 Å². The number of carbonyl (C=O) groups is 1. The van der Waals surface area contributed by atoms with E-state index in [9.17, 15) is 9.90 Å². The predicted octanol–water partition coefficient (Wildman–Crippen LogP) is 3.61. The van der Waals surface area contributed by atoms with Gasteiger partial charge in [0.15, 0.2) is 0 Å².